The molecule has 0 saturated heterocycles. The van der Waals surface area contributed by atoms with Gasteiger partial charge in [-0.05, 0) is 48.5 Å². The normalized spacial score (nSPS) is 11.6. The van der Waals surface area contributed by atoms with Gasteiger partial charge in [-0.25, -0.2) is 0 Å². The van der Waals surface area contributed by atoms with Crippen molar-refractivity contribution in [3.63, 3.8) is 0 Å². The number of carbonyl (C=O) groups excluding carboxylic acids is 1. The van der Waals surface area contributed by atoms with Crippen molar-refractivity contribution in [3.8, 4) is 23.1 Å². The van der Waals surface area contributed by atoms with Gasteiger partial charge in [0.1, 0.15) is 17.4 Å². The van der Waals surface area contributed by atoms with Crippen LogP contribution in [0.1, 0.15) is 11.1 Å². The molecule has 9 heteroatoms. The van der Waals surface area contributed by atoms with Crippen molar-refractivity contribution in [3.05, 3.63) is 71.4 Å². The van der Waals surface area contributed by atoms with Gasteiger partial charge in [-0.15, -0.1) is 0 Å². The van der Waals surface area contributed by atoms with E-state index < -0.39 is 17.6 Å². The highest BCUT2D eigenvalue weighted by molar-refractivity contribution is 6.10. The fourth-order valence-corrected chi connectivity index (χ4v) is 2.67. The van der Waals surface area contributed by atoms with Crippen LogP contribution >= 0.6 is 0 Å². The van der Waals surface area contributed by atoms with E-state index in [4.69, 9.17) is 4.74 Å². The molecule has 3 rings (SSSR count). The Kier molecular flexibility index (Phi) is 5.88. The predicted molar refractivity (Wildman–Crippen MR) is 104 cm³/mol. The van der Waals surface area contributed by atoms with Gasteiger partial charge in [-0.2, -0.15) is 23.5 Å². The molecule has 2 aromatic carbocycles. The number of anilines is 1. The Bertz CT molecular complexity index is 1130. The smallest absolute Gasteiger partial charge is 0.416 e. The maximum absolute atomic E-state index is 12.8. The van der Waals surface area contributed by atoms with E-state index in [0.717, 1.165) is 17.7 Å². The van der Waals surface area contributed by atoms with E-state index in [0.29, 0.717) is 17.0 Å². The van der Waals surface area contributed by atoms with Gasteiger partial charge in [-0.1, -0.05) is 6.07 Å². The van der Waals surface area contributed by atoms with Crippen LogP contribution < -0.4 is 10.1 Å². The number of aromatic amines is 1. The number of ether oxygens (including phenoxy) is 1. The number of hydrogen-bond acceptors (Lipinski definition) is 4. The fraction of sp³-hybridized carbons (Fsp3) is 0.0952. The maximum Gasteiger partial charge on any atom is 0.416 e. The van der Waals surface area contributed by atoms with Crippen LogP contribution in [0, 0.1) is 11.3 Å². The topological polar surface area (TPSA) is 90.8 Å². The van der Waals surface area contributed by atoms with Crippen LogP contribution in [0.25, 0.3) is 17.3 Å². The number of halogens is 3. The number of amides is 1. The number of methoxy groups -OCH3 is 1. The van der Waals surface area contributed by atoms with Crippen molar-refractivity contribution < 1.29 is 22.7 Å². The van der Waals surface area contributed by atoms with Gasteiger partial charge in [0, 0.05) is 16.8 Å². The highest BCUT2D eigenvalue weighted by Gasteiger charge is 2.30. The van der Waals surface area contributed by atoms with Gasteiger partial charge in [0.05, 0.1) is 24.6 Å². The average Bonchev–Trinajstić information content (AvgIpc) is 3.19. The summed E-state index contributed by atoms with van der Waals surface area (Å²) in [6, 6.07) is 13.0. The molecule has 2 N–H and O–H groups in total. The first-order chi connectivity index (χ1) is 14.3. The number of rotatable bonds is 5. The first-order valence-corrected chi connectivity index (χ1v) is 8.60. The van der Waals surface area contributed by atoms with E-state index in [9.17, 15) is 23.2 Å². The lowest BCUT2D eigenvalue weighted by Gasteiger charge is -2.09. The second-order valence-corrected chi connectivity index (χ2v) is 6.13. The molecule has 0 radical (unpaired) electrons. The van der Waals surface area contributed by atoms with Crippen molar-refractivity contribution >= 4 is 17.7 Å². The third kappa shape index (κ3) is 4.67. The molecule has 0 aliphatic carbocycles. The molecule has 0 spiro atoms. The number of aromatic nitrogens is 2. The van der Waals surface area contributed by atoms with Gasteiger partial charge in [0.25, 0.3) is 5.91 Å². The van der Waals surface area contributed by atoms with Crippen LogP contribution in [0.5, 0.6) is 5.75 Å². The Morgan fingerprint density at radius 1 is 1.23 bits per heavy atom. The number of H-pyrrole nitrogens is 1. The SMILES string of the molecule is COc1ccc(-c2[nH]ncc2/C=C(/C#N)C(=O)Nc2cccc(C(F)(F)F)c2)cc1. The Labute approximate surface area is 169 Å². The fourth-order valence-electron chi connectivity index (χ4n) is 2.67. The molecule has 1 amide bonds. The summed E-state index contributed by atoms with van der Waals surface area (Å²) >= 11 is 0. The number of nitriles is 1. The van der Waals surface area contributed by atoms with Crippen LogP contribution in [0.4, 0.5) is 18.9 Å². The van der Waals surface area contributed by atoms with Crippen molar-refractivity contribution in [2.24, 2.45) is 0 Å². The third-order valence-electron chi connectivity index (χ3n) is 4.16. The van der Waals surface area contributed by atoms with Crippen LogP contribution in [0.3, 0.4) is 0 Å². The lowest BCUT2D eigenvalue weighted by atomic mass is 10.1. The standard InChI is InChI=1S/C21H15F3N4O2/c1-30-18-7-5-13(6-8-18)19-15(12-26-28-19)9-14(11-25)20(29)27-17-4-2-3-16(10-17)21(22,23)24/h2-10,12H,1H3,(H,26,28)(H,27,29)/b14-9-. The van der Waals surface area contributed by atoms with Crippen molar-refractivity contribution in [1.82, 2.24) is 10.2 Å². The predicted octanol–water partition coefficient (Wildman–Crippen LogP) is 4.65. The van der Waals surface area contributed by atoms with E-state index in [1.807, 2.05) is 0 Å². The summed E-state index contributed by atoms with van der Waals surface area (Å²) in [6.07, 6.45) is -1.79. The molecule has 0 aliphatic heterocycles. The van der Waals surface area contributed by atoms with E-state index in [-0.39, 0.29) is 11.3 Å². The summed E-state index contributed by atoms with van der Waals surface area (Å²) in [7, 11) is 1.54. The first kappa shape index (κ1) is 20.7. The zero-order valence-electron chi connectivity index (χ0n) is 15.6. The zero-order valence-corrected chi connectivity index (χ0v) is 15.6. The maximum atomic E-state index is 12.8. The number of nitrogens with one attached hydrogen (secondary N) is 2. The summed E-state index contributed by atoms with van der Waals surface area (Å²) < 4.78 is 43.6. The Morgan fingerprint density at radius 2 is 1.97 bits per heavy atom. The largest absolute Gasteiger partial charge is 0.497 e. The number of hydrogen-bond donors (Lipinski definition) is 2. The van der Waals surface area contributed by atoms with Gasteiger partial charge in [0.15, 0.2) is 0 Å². The molecular weight excluding hydrogens is 397 g/mol. The quantitative estimate of drug-likeness (QED) is 0.471. The van der Waals surface area contributed by atoms with Gasteiger partial charge < -0.3 is 10.1 Å². The van der Waals surface area contributed by atoms with Crippen LogP contribution in [-0.4, -0.2) is 23.2 Å². The minimum absolute atomic E-state index is 0.0708. The summed E-state index contributed by atoms with van der Waals surface area (Å²) in [5.41, 5.74) is 0.518. The molecule has 152 valence electrons. The summed E-state index contributed by atoms with van der Waals surface area (Å²) in [6.45, 7) is 0. The zero-order chi connectivity index (χ0) is 21.7. The molecule has 0 fully saturated rings. The van der Waals surface area contributed by atoms with Crippen LogP contribution in [0.2, 0.25) is 0 Å². The van der Waals surface area contributed by atoms with Crippen molar-refractivity contribution in [1.29, 1.82) is 5.26 Å². The number of alkyl halides is 3. The highest BCUT2D eigenvalue weighted by Crippen LogP contribution is 2.31. The molecule has 0 bridgehead atoms. The van der Waals surface area contributed by atoms with Crippen LogP contribution in [0.15, 0.2) is 60.3 Å². The Hall–Kier alpha value is -4.06. The average molecular weight is 412 g/mol. The highest BCUT2D eigenvalue weighted by atomic mass is 19.4. The molecule has 3 aromatic rings. The van der Waals surface area contributed by atoms with Gasteiger partial charge >= 0.3 is 6.18 Å². The third-order valence-corrected chi connectivity index (χ3v) is 4.16. The van der Waals surface area contributed by atoms with Crippen molar-refractivity contribution in [2.75, 3.05) is 12.4 Å². The second-order valence-electron chi connectivity index (χ2n) is 6.13. The molecule has 0 unspecified atom stereocenters. The van der Waals surface area contributed by atoms with Gasteiger partial charge in [-0.3, -0.25) is 9.89 Å². The minimum Gasteiger partial charge on any atom is -0.497 e. The molecule has 0 atom stereocenters. The number of carbonyl (C=O) groups is 1. The van der Waals surface area contributed by atoms with Gasteiger partial charge in [0.2, 0.25) is 0 Å². The lowest BCUT2D eigenvalue weighted by molar-refractivity contribution is -0.137. The van der Waals surface area contributed by atoms with Crippen molar-refractivity contribution in [2.45, 2.75) is 6.18 Å². The molecule has 0 aliphatic rings. The Morgan fingerprint density at radius 3 is 2.60 bits per heavy atom. The summed E-state index contributed by atoms with van der Waals surface area (Å²) in [4.78, 5) is 12.4. The van der Waals surface area contributed by atoms with E-state index in [2.05, 4.69) is 15.5 Å². The van der Waals surface area contributed by atoms with E-state index in [1.165, 1.54) is 24.4 Å². The second kappa shape index (κ2) is 8.53. The molecule has 1 aromatic heterocycles. The summed E-state index contributed by atoms with van der Waals surface area (Å²) in [5, 5.41) is 18.4. The monoisotopic (exact) mass is 412 g/mol. The molecular formula is C21H15F3N4O2. The molecule has 6 nitrogen and oxygen atoms in total. The van der Waals surface area contributed by atoms with E-state index in [1.54, 1.807) is 37.4 Å². The Balaban J connectivity index is 1.85. The molecule has 0 saturated carbocycles. The number of nitrogens with zero attached hydrogens (tertiary/aromatic N) is 2. The molecule has 1 heterocycles. The van der Waals surface area contributed by atoms with E-state index >= 15 is 0 Å². The lowest BCUT2D eigenvalue weighted by Crippen LogP contribution is -2.14. The number of benzene rings is 2. The van der Waals surface area contributed by atoms with Crippen LogP contribution in [-0.2, 0) is 11.0 Å². The molecule has 30 heavy (non-hydrogen) atoms. The summed E-state index contributed by atoms with van der Waals surface area (Å²) in [5.74, 6) is -0.174. The minimum atomic E-state index is -4.54. The first-order valence-electron chi connectivity index (χ1n) is 8.60.